The quantitative estimate of drug-likeness (QED) is 0.661. The lowest BCUT2D eigenvalue weighted by Gasteiger charge is -2.12. The number of aryl methyl sites for hydroxylation is 2. The zero-order valence-electron chi connectivity index (χ0n) is 12.7. The highest BCUT2D eigenvalue weighted by Gasteiger charge is 2.15. The number of aromatic nitrogens is 1. The van der Waals surface area contributed by atoms with Crippen molar-refractivity contribution in [1.29, 1.82) is 0 Å². The van der Waals surface area contributed by atoms with E-state index in [1.54, 1.807) is 12.1 Å². The van der Waals surface area contributed by atoms with Gasteiger partial charge in [0.15, 0.2) is 0 Å². The van der Waals surface area contributed by atoms with E-state index < -0.39 is 6.61 Å². The molecule has 0 bridgehead atoms. The predicted octanol–water partition coefficient (Wildman–Crippen LogP) is 5.23. The molecule has 0 N–H and O–H groups in total. The van der Waals surface area contributed by atoms with Gasteiger partial charge in [0.05, 0.1) is 5.69 Å². The smallest absolute Gasteiger partial charge is 0.387 e. The van der Waals surface area contributed by atoms with Gasteiger partial charge in [0.1, 0.15) is 11.5 Å². The summed E-state index contributed by atoms with van der Waals surface area (Å²) in [6, 6.07) is 14.1. The molecule has 0 radical (unpaired) electrons. The van der Waals surface area contributed by atoms with Crippen LogP contribution in [0, 0.1) is 13.8 Å². The summed E-state index contributed by atoms with van der Waals surface area (Å²) in [7, 11) is 0. The maximum atomic E-state index is 12.6. The summed E-state index contributed by atoms with van der Waals surface area (Å²) in [6.45, 7) is 0.807. The van der Waals surface area contributed by atoms with Gasteiger partial charge in [0.2, 0.25) is 5.89 Å². The molecular weight excluding hydrogens is 300 g/mol. The molecule has 1 heterocycles. The first kappa shape index (κ1) is 15.2. The minimum absolute atomic E-state index is 0.120. The average molecular weight is 315 g/mol. The topological polar surface area (TPSA) is 35.3 Å². The van der Waals surface area contributed by atoms with E-state index >= 15 is 0 Å². The maximum Gasteiger partial charge on any atom is 0.387 e. The Hall–Kier alpha value is -2.69. The van der Waals surface area contributed by atoms with Gasteiger partial charge in [-0.3, -0.25) is 0 Å². The molecule has 3 rings (SSSR count). The highest BCUT2D eigenvalue weighted by Crippen LogP contribution is 2.35. The van der Waals surface area contributed by atoms with E-state index in [1.807, 2.05) is 44.2 Å². The van der Waals surface area contributed by atoms with Crippen LogP contribution in [0.2, 0.25) is 0 Å². The summed E-state index contributed by atoms with van der Waals surface area (Å²) in [4.78, 5) is 4.35. The van der Waals surface area contributed by atoms with Crippen LogP contribution in [0.1, 0.15) is 11.5 Å². The summed E-state index contributed by atoms with van der Waals surface area (Å²) in [5, 5.41) is 0. The molecule has 0 fully saturated rings. The number of hydrogen-bond acceptors (Lipinski definition) is 3. The minimum Gasteiger partial charge on any atom is -0.441 e. The van der Waals surface area contributed by atoms with E-state index in [-0.39, 0.29) is 5.75 Å². The largest absolute Gasteiger partial charge is 0.441 e. The molecule has 3 aromatic rings. The Labute approximate surface area is 132 Å². The second kappa shape index (κ2) is 6.20. The third-order valence-electron chi connectivity index (χ3n) is 3.56. The van der Waals surface area contributed by atoms with E-state index in [1.165, 1.54) is 6.07 Å². The normalized spacial score (nSPS) is 11.0. The van der Waals surface area contributed by atoms with Crippen LogP contribution in [0.3, 0.4) is 0 Å². The highest BCUT2D eigenvalue weighted by atomic mass is 19.3. The molecule has 5 heteroatoms. The number of oxazole rings is 1. The minimum atomic E-state index is -2.88. The molecule has 0 spiro atoms. The summed E-state index contributed by atoms with van der Waals surface area (Å²) >= 11 is 0. The van der Waals surface area contributed by atoms with Crippen molar-refractivity contribution >= 4 is 0 Å². The van der Waals surface area contributed by atoms with Gasteiger partial charge >= 0.3 is 6.61 Å². The van der Waals surface area contributed by atoms with Gasteiger partial charge in [-0.25, -0.2) is 4.98 Å². The Morgan fingerprint density at radius 1 is 1.00 bits per heavy atom. The van der Waals surface area contributed by atoms with Crippen LogP contribution < -0.4 is 4.74 Å². The van der Waals surface area contributed by atoms with Crippen molar-refractivity contribution in [2.75, 3.05) is 0 Å². The van der Waals surface area contributed by atoms with Crippen molar-refractivity contribution in [1.82, 2.24) is 4.98 Å². The first-order chi connectivity index (χ1) is 11.0. The van der Waals surface area contributed by atoms with E-state index in [2.05, 4.69) is 9.72 Å². The summed E-state index contributed by atoms with van der Waals surface area (Å²) in [5.41, 5.74) is 2.86. The standard InChI is InChI=1S/C18H15F2NO2/c1-11-12(2)22-17(21-11)14-8-9-16(23-18(19)20)15(10-14)13-6-4-3-5-7-13/h3-10,18H,1-2H3. The van der Waals surface area contributed by atoms with Crippen LogP contribution >= 0.6 is 0 Å². The third kappa shape index (κ3) is 3.23. The fourth-order valence-corrected chi connectivity index (χ4v) is 2.30. The van der Waals surface area contributed by atoms with Gasteiger partial charge in [-0.15, -0.1) is 0 Å². The van der Waals surface area contributed by atoms with E-state index in [4.69, 9.17) is 4.42 Å². The number of halogens is 2. The Kier molecular flexibility index (Phi) is 4.10. The molecule has 23 heavy (non-hydrogen) atoms. The third-order valence-corrected chi connectivity index (χ3v) is 3.56. The number of alkyl halides is 2. The van der Waals surface area contributed by atoms with E-state index in [9.17, 15) is 8.78 Å². The fourth-order valence-electron chi connectivity index (χ4n) is 2.30. The molecule has 0 amide bonds. The van der Waals surface area contributed by atoms with Crippen molar-refractivity contribution < 1.29 is 17.9 Å². The van der Waals surface area contributed by atoms with Gasteiger partial charge in [-0.2, -0.15) is 8.78 Å². The highest BCUT2D eigenvalue weighted by molar-refractivity contribution is 5.75. The molecule has 118 valence electrons. The molecule has 1 aromatic heterocycles. The monoisotopic (exact) mass is 315 g/mol. The van der Waals surface area contributed by atoms with Gasteiger partial charge in [-0.1, -0.05) is 30.3 Å². The van der Waals surface area contributed by atoms with E-state index in [0.29, 0.717) is 17.0 Å². The van der Waals surface area contributed by atoms with Crippen LogP contribution in [0.25, 0.3) is 22.6 Å². The lowest BCUT2D eigenvalue weighted by Crippen LogP contribution is -2.03. The number of ether oxygens (including phenoxy) is 1. The maximum absolute atomic E-state index is 12.6. The van der Waals surface area contributed by atoms with Crippen molar-refractivity contribution in [3.05, 3.63) is 60.0 Å². The fraction of sp³-hybridized carbons (Fsp3) is 0.167. The van der Waals surface area contributed by atoms with Crippen molar-refractivity contribution in [2.24, 2.45) is 0 Å². The molecule has 0 saturated heterocycles. The van der Waals surface area contributed by atoms with Gasteiger partial charge in [0, 0.05) is 11.1 Å². The molecule has 0 saturated carbocycles. The van der Waals surface area contributed by atoms with Crippen molar-refractivity contribution in [2.45, 2.75) is 20.5 Å². The lowest BCUT2D eigenvalue weighted by atomic mass is 10.0. The van der Waals surface area contributed by atoms with E-state index in [0.717, 1.165) is 17.0 Å². The number of rotatable bonds is 4. The molecule has 3 nitrogen and oxygen atoms in total. The van der Waals surface area contributed by atoms with Crippen LogP contribution in [0.15, 0.2) is 52.9 Å². The van der Waals surface area contributed by atoms with Gasteiger partial charge < -0.3 is 9.15 Å². The van der Waals surface area contributed by atoms with Gasteiger partial charge in [-0.05, 0) is 37.6 Å². The summed E-state index contributed by atoms with van der Waals surface area (Å²) in [6.07, 6.45) is 0. The zero-order chi connectivity index (χ0) is 16.4. The molecule has 0 aliphatic rings. The summed E-state index contributed by atoms with van der Waals surface area (Å²) in [5.74, 6) is 1.31. The molecule has 2 aromatic carbocycles. The van der Waals surface area contributed by atoms with Crippen LogP contribution in [-0.4, -0.2) is 11.6 Å². The molecule has 0 aliphatic carbocycles. The number of nitrogens with zero attached hydrogens (tertiary/aromatic N) is 1. The first-order valence-corrected chi connectivity index (χ1v) is 7.13. The van der Waals surface area contributed by atoms with Crippen molar-refractivity contribution in [3.63, 3.8) is 0 Å². The molecule has 0 unspecified atom stereocenters. The SMILES string of the molecule is Cc1nc(-c2ccc(OC(F)F)c(-c3ccccc3)c2)oc1C. The van der Waals surface area contributed by atoms with Crippen LogP contribution in [0.5, 0.6) is 5.75 Å². The Balaban J connectivity index is 2.11. The molecular formula is C18H15F2NO2. The average Bonchev–Trinajstić information content (AvgIpc) is 2.87. The number of benzene rings is 2. The lowest BCUT2D eigenvalue weighted by molar-refractivity contribution is -0.0494. The Morgan fingerprint density at radius 2 is 1.74 bits per heavy atom. The Morgan fingerprint density at radius 3 is 2.35 bits per heavy atom. The second-order valence-corrected chi connectivity index (χ2v) is 5.12. The predicted molar refractivity (Wildman–Crippen MR) is 83.5 cm³/mol. The van der Waals surface area contributed by atoms with Crippen molar-refractivity contribution in [3.8, 4) is 28.3 Å². The number of hydrogen-bond donors (Lipinski definition) is 0. The molecule has 0 atom stereocenters. The zero-order valence-corrected chi connectivity index (χ0v) is 12.7. The van der Waals surface area contributed by atoms with Crippen LogP contribution in [-0.2, 0) is 0 Å². The molecule has 0 aliphatic heterocycles. The Bertz CT molecular complexity index is 794. The second-order valence-electron chi connectivity index (χ2n) is 5.12. The first-order valence-electron chi connectivity index (χ1n) is 7.13. The summed E-state index contributed by atoms with van der Waals surface area (Å²) < 4.78 is 35.5. The van der Waals surface area contributed by atoms with Gasteiger partial charge in [0.25, 0.3) is 0 Å². The van der Waals surface area contributed by atoms with Crippen LogP contribution in [0.4, 0.5) is 8.78 Å².